The van der Waals surface area contributed by atoms with Gasteiger partial charge in [-0.2, -0.15) is 0 Å². The van der Waals surface area contributed by atoms with Crippen molar-refractivity contribution in [1.29, 1.82) is 0 Å². The lowest BCUT2D eigenvalue weighted by atomic mass is 9.97. The minimum atomic E-state index is -0.505. The Labute approximate surface area is 99.1 Å². The Morgan fingerprint density at radius 2 is 2.06 bits per heavy atom. The molecule has 17 heavy (non-hydrogen) atoms. The Kier molecular flexibility index (Phi) is 3.33. The van der Waals surface area contributed by atoms with Crippen molar-refractivity contribution in [1.82, 2.24) is 14.5 Å². The summed E-state index contributed by atoms with van der Waals surface area (Å²) < 4.78 is 1.51. The van der Waals surface area contributed by atoms with Gasteiger partial charge in [0.1, 0.15) is 5.69 Å². The van der Waals surface area contributed by atoms with Crippen LogP contribution in [0.25, 0.3) is 0 Å². The molecule has 3 N–H and O–H groups in total. The molecule has 0 unspecified atom stereocenters. The molecule has 2 heterocycles. The van der Waals surface area contributed by atoms with E-state index in [1.54, 1.807) is 0 Å². The first-order valence-electron chi connectivity index (χ1n) is 5.84. The fraction of sp³-hybridized carbons (Fsp3) is 0.636. The Morgan fingerprint density at radius 1 is 1.41 bits per heavy atom. The van der Waals surface area contributed by atoms with Crippen molar-refractivity contribution in [2.24, 2.45) is 5.92 Å². The molecule has 0 spiro atoms. The van der Waals surface area contributed by atoms with Crippen LogP contribution < -0.4 is 17.0 Å². The molecule has 0 saturated carbocycles. The van der Waals surface area contributed by atoms with Crippen molar-refractivity contribution in [2.75, 3.05) is 25.9 Å². The zero-order chi connectivity index (χ0) is 12.4. The molecule has 1 fully saturated rings. The van der Waals surface area contributed by atoms with E-state index in [1.165, 1.54) is 10.8 Å². The van der Waals surface area contributed by atoms with Crippen molar-refractivity contribution >= 4 is 5.69 Å². The fourth-order valence-corrected chi connectivity index (χ4v) is 2.18. The summed E-state index contributed by atoms with van der Waals surface area (Å²) in [7, 11) is 2.10. The monoisotopic (exact) mass is 238 g/mol. The molecule has 1 aromatic heterocycles. The molecular weight excluding hydrogens is 220 g/mol. The maximum atomic E-state index is 11.6. The molecule has 0 atom stereocenters. The van der Waals surface area contributed by atoms with E-state index in [9.17, 15) is 9.59 Å². The molecule has 0 bridgehead atoms. The van der Waals surface area contributed by atoms with Crippen LogP contribution in [0.15, 0.2) is 15.8 Å². The van der Waals surface area contributed by atoms with Crippen molar-refractivity contribution in [3.8, 4) is 0 Å². The van der Waals surface area contributed by atoms with Gasteiger partial charge < -0.3 is 10.6 Å². The number of H-pyrrole nitrogens is 1. The van der Waals surface area contributed by atoms with Gasteiger partial charge in [-0.15, -0.1) is 0 Å². The summed E-state index contributed by atoms with van der Waals surface area (Å²) in [6.07, 6.45) is 3.59. The molecule has 2 rings (SSSR count). The lowest BCUT2D eigenvalue weighted by Gasteiger charge is -2.29. The third kappa shape index (κ3) is 2.76. The van der Waals surface area contributed by atoms with Crippen LogP contribution in [0.1, 0.15) is 12.8 Å². The minimum Gasteiger partial charge on any atom is -0.393 e. The third-order valence-electron chi connectivity index (χ3n) is 3.33. The van der Waals surface area contributed by atoms with Crippen LogP contribution in [0.5, 0.6) is 0 Å². The summed E-state index contributed by atoms with van der Waals surface area (Å²) in [5.41, 5.74) is 4.72. The molecule has 1 saturated heterocycles. The molecule has 0 amide bonds. The maximum Gasteiger partial charge on any atom is 0.328 e. The van der Waals surface area contributed by atoms with E-state index in [0.29, 0.717) is 12.5 Å². The Hall–Kier alpha value is -1.56. The molecule has 94 valence electrons. The molecule has 6 nitrogen and oxygen atoms in total. The lowest BCUT2D eigenvalue weighted by molar-refractivity contribution is 0.203. The zero-order valence-corrected chi connectivity index (χ0v) is 9.98. The van der Waals surface area contributed by atoms with Gasteiger partial charge in [0.15, 0.2) is 0 Å². The van der Waals surface area contributed by atoms with Gasteiger partial charge in [-0.05, 0) is 38.9 Å². The first-order chi connectivity index (χ1) is 8.06. The van der Waals surface area contributed by atoms with Crippen LogP contribution in [-0.4, -0.2) is 34.6 Å². The predicted molar refractivity (Wildman–Crippen MR) is 66.0 cm³/mol. The number of nitrogens with one attached hydrogen (secondary N) is 1. The first-order valence-corrected chi connectivity index (χ1v) is 5.84. The summed E-state index contributed by atoms with van der Waals surface area (Å²) >= 11 is 0. The number of nitrogens with two attached hydrogens (primary N) is 1. The molecule has 6 heteroatoms. The SMILES string of the molecule is CN1CCC(Cn2cc(N)c(=O)[nH]c2=O)CC1. The van der Waals surface area contributed by atoms with Gasteiger partial charge in [-0.25, -0.2) is 4.79 Å². The minimum absolute atomic E-state index is 0.0949. The highest BCUT2D eigenvalue weighted by Crippen LogP contribution is 2.17. The van der Waals surface area contributed by atoms with Gasteiger partial charge in [0.2, 0.25) is 0 Å². The summed E-state index contributed by atoms with van der Waals surface area (Å²) in [6, 6.07) is 0. The Morgan fingerprint density at radius 3 is 2.71 bits per heavy atom. The molecule has 0 aliphatic carbocycles. The number of piperidine rings is 1. The van der Waals surface area contributed by atoms with Crippen LogP contribution in [-0.2, 0) is 6.54 Å². The van der Waals surface area contributed by atoms with E-state index in [4.69, 9.17) is 5.73 Å². The van der Waals surface area contributed by atoms with Gasteiger partial charge >= 0.3 is 5.69 Å². The third-order valence-corrected chi connectivity index (χ3v) is 3.33. The van der Waals surface area contributed by atoms with E-state index in [-0.39, 0.29) is 11.4 Å². The van der Waals surface area contributed by atoms with Gasteiger partial charge in [-0.3, -0.25) is 14.3 Å². The highest BCUT2D eigenvalue weighted by Gasteiger charge is 2.17. The number of nitrogens with zero attached hydrogens (tertiary/aromatic N) is 2. The first kappa shape index (κ1) is 11.9. The van der Waals surface area contributed by atoms with Gasteiger partial charge in [0.25, 0.3) is 5.56 Å². The molecular formula is C11H18N4O2. The number of hydrogen-bond donors (Lipinski definition) is 2. The molecule has 1 aliphatic rings. The second kappa shape index (κ2) is 4.75. The number of likely N-dealkylation sites (tertiary alicyclic amines) is 1. The van der Waals surface area contributed by atoms with Crippen molar-refractivity contribution < 1.29 is 0 Å². The molecule has 0 aromatic carbocycles. The number of hydrogen-bond acceptors (Lipinski definition) is 4. The lowest BCUT2D eigenvalue weighted by Crippen LogP contribution is -2.36. The number of aromatic nitrogens is 2. The Balaban J connectivity index is 2.11. The van der Waals surface area contributed by atoms with Gasteiger partial charge in [0.05, 0.1) is 0 Å². The zero-order valence-electron chi connectivity index (χ0n) is 9.98. The van der Waals surface area contributed by atoms with E-state index in [0.717, 1.165) is 25.9 Å². The summed E-state index contributed by atoms with van der Waals surface area (Å²) in [4.78, 5) is 27.2. The largest absolute Gasteiger partial charge is 0.393 e. The molecule has 1 aromatic rings. The van der Waals surface area contributed by atoms with Crippen molar-refractivity contribution in [3.05, 3.63) is 27.0 Å². The van der Waals surface area contributed by atoms with Gasteiger partial charge in [0, 0.05) is 12.7 Å². The second-order valence-corrected chi connectivity index (χ2v) is 4.74. The average molecular weight is 238 g/mol. The van der Waals surface area contributed by atoms with Crippen LogP contribution in [0, 0.1) is 5.92 Å². The number of nitrogen functional groups attached to an aromatic ring is 1. The fourth-order valence-electron chi connectivity index (χ4n) is 2.18. The van der Waals surface area contributed by atoms with Crippen LogP contribution in [0.3, 0.4) is 0 Å². The van der Waals surface area contributed by atoms with Crippen LogP contribution in [0.2, 0.25) is 0 Å². The van der Waals surface area contributed by atoms with Gasteiger partial charge in [-0.1, -0.05) is 0 Å². The highest BCUT2D eigenvalue weighted by atomic mass is 16.2. The van der Waals surface area contributed by atoms with Crippen LogP contribution in [0.4, 0.5) is 5.69 Å². The highest BCUT2D eigenvalue weighted by molar-refractivity contribution is 5.30. The second-order valence-electron chi connectivity index (χ2n) is 4.74. The maximum absolute atomic E-state index is 11.6. The van der Waals surface area contributed by atoms with E-state index in [2.05, 4.69) is 16.9 Å². The predicted octanol–water partition coefficient (Wildman–Crippen LogP) is -0.539. The van der Waals surface area contributed by atoms with Crippen molar-refractivity contribution in [2.45, 2.75) is 19.4 Å². The van der Waals surface area contributed by atoms with Crippen molar-refractivity contribution in [3.63, 3.8) is 0 Å². The summed E-state index contributed by atoms with van der Waals surface area (Å²) in [5.74, 6) is 0.481. The standard InChI is InChI=1S/C11H18N4O2/c1-14-4-2-8(3-5-14)6-15-7-9(12)10(16)13-11(15)17/h7-8H,2-6,12H2,1H3,(H,13,16,17). The smallest absolute Gasteiger partial charge is 0.328 e. The number of rotatable bonds is 2. The quantitative estimate of drug-likeness (QED) is 0.725. The summed E-state index contributed by atoms with van der Waals surface area (Å²) in [6.45, 7) is 2.74. The van der Waals surface area contributed by atoms with E-state index < -0.39 is 5.56 Å². The number of anilines is 1. The van der Waals surface area contributed by atoms with Crippen LogP contribution >= 0.6 is 0 Å². The number of aromatic amines is 1. The van der Waals surface area contributed by atoms with E-state index in [1.807, 2.05) is 0 Å². The Bertz CT molecular complexity index is 497. The topological polar surface area (TPSA) is 84.1 Å². The normalized spacial score (nSPS) is 18.4. The molecule has 0 radical (unpaired) electrons. The summed E-state index contributed by atoms with van der Waals surface area (Å²) in [5, 5.41) is 0. The molecule has 1 aliphatic heterocycles. The average Bonchev–Trinajstić information content (AvgIpc) is 2.29. The van der Waals surface area contributed by atoms with E-state index >= 15 is 0 Å².